The highest BCUT2D eigenvalue weighted by atomic mass is 127. The fraction of sp³-hybridized carbons (Fsp3) is 0.0556. The number of nitrogens with zero attached hydrogens (tertiary/aromatic N) is 2. The second-order valence-corrected chi connectivity index (χ2v) is 6.62. The first kappa shape index (κ1) is 17.2. The zero-order valence-corrected chi connectivity index (χ0v) is 15.4. The molecule has 3 aromatic rings. The van der Waals surface area contributed by atoms with E-state index < -0.39 is 5.97 Å². The largest absolute Gasteiger partial charge is 0.478 e. The molecule has 25 heavy (non-hydrogen) atoms. The van der Waals surface area contributed by atoms with Gasteiger partial charge in [-0.2, -0.15) is 0 Å². The van der Waals surface area contributed by atoms with Crippen LogP contribution in [0.4, 0.5) is 5.69 Å². The molecule has 0 aliphatic heterocycles. The van der Waals surface area contributed by atoms with Gasteiger partial charge in [-0.1, -0.05) is 0 Å². The smallest absolute Gasteiger partial charge is 0.335 e. The number of hydrogen-bond donors (Lipinski definition) is 2. The van der Waals surface area contributed by atoms with Crippen molar-refractivity contribution in [1.82, 2.24) is 9.78 Å². The molecule has 3 rings (SSSR count). The number of hydrogen-bond acceptors (Lipinski definition) is 3. The van der Waals surface area contributed by atoms with Crippen molar-refractivity contribution in [3.8, 4) is 5.69 Å². The molecular formula is C18H14IN3O3. The zero-order chi connectivity index (χ0) is 18.0. The Balaban J connectivity index is 1.91. The Bertz CT molecular complexity index is 1000. The number of carboxylic acid groups (broad SMARTS) is 1. The fourth-order valence-electron chi connectivity index (χ4n) is 2.31. The minimum atomic E-state index is -0.989. The summed E-state index contributed by atoms with van der Waals surface area (Å²) < 4.78 is 2.56. The standard InChI is InChI=1S/C18H14IN3O3/c1-11-16(10-20-14-6-2-12(3-7-14)18(24)25)17(23)22(21-11)15-8-4-13(19)5-9-15/h2-10,21H,1H3,(H,24,25). The lowest BCUT2D eigenvalue weighted by molar-refractivity contribution is 0.0697. The SMILES string of the molecule is Cc1[nH]n(-c2ccc(I)cc2)c(=O)c1C=Nc1ccc(C(=O)O)cc1. The number of aliphatic imine (C=N–C) groups is 1. The van der Waals surface area contributed by atoms with Crippen LogP contribution in [0.1, 0.15) is 21.6 Å². The Hall–Kier alpha value is -2.68. The number of rotatable bonds is 4. The molecule has 0 saturated heterocycles. The number of carboxylic acids is 1. The molecule has 0 unspecified atom stereocenters. The molecule has 0 aliphatic carbocycles. The van der Waals surface area contributed by atoms with Crippen molar-refractivity contribution in [2.45, 2.75) is 6.92 Å². The van der Waals surface area contributed by atoms with Crippen molar-refractivity contribution >= 4 is 40.5 Å². The van der Waals surface area contributed by atoms with E-state index in [1.165, 1.54) is 23.0 Å². The van der Waals surface area contributed by atoms with Crippen LogP contribution in [0.5, 0.6) is 0 Å². The first-order valence-corrected chi connectivity index (χ1v) is 8.48. The van der Waals surface area contributed by atoms with E-state index in [0.717, 1.165) is 9.26 Å². The number of carbonyl (C=O) groups is 1. The summed E-state index contributed by atoms with van der Waals surface area (Å²) >= 11 is 2.21. The number of H-pyrrole nitrogens is 1. The number of halogens is 1. The zero-order valence-electron chi connectivity index (χ0n) is 13.2. The van der Waals surface area contributed by atoms with Crippen molar-refractivity contribution < 1.29 is 9.90 Å². The van der Waals surface area contributed by atoms with Gasteiger partial charge in [0.1, 0.15) is 0 Å². The van der Waals surface area contributed by atoms with Gasteiger partial charge in [-0.25, -0.2) is 9.48 Å². The average Bonchev–Trinajstić information content (AvgIpc) is 2.88. The van der Waals surface area contributed by atoms with Gasteiger partial charge in [0.25, 0.3) is 5.56 Å². The van der Waals surface area contributed by atoms with E-state index in [1.54, 1.807) is 19.1 Å². The predicted molar refractivity (Wildman–Crippen MR) is 104 cm³/mol. The van der Waals surface area contributed by atoms with E-state index in [4.69, 9.17) is 5.11 Å². The molecule has 126 valence electrons. The number of aromatic amines is 1. The molecular weight excluding hydrogens is 433 g/mol. The van der Waals surface area contributed by atoms with Crippen LogP contribution in [0.25, 0.3) is 5.69 Å². The van der Waals surface area contributed by atoms with Gasteiger partial charge in [0.2, 0.25) is 0 Å². The van der Waals surface area contributed by atoms with E-state index in [-0.39, 0.29) is 11.1 Å². The lowest BCUT2D eigenvalue weighted by atomic mass is 10.2. The summed E-state index contributed by atoms with van der Waals surface area (Å²) in [4.78, 5) is 27.7. The van der Waals surface area contributed by atoms with E-state index >= 15 is 0 Å². The predicted octanol–water partition coefficient (Wildman–Crippen LogP) is 3.53. The molecule has 7 heteroatoms. The summed E-state index contributed by atoms with van der Waals surface area (Å²) in [5.41, 5.74) is 2.49. The highest BCUT2D eigenvalue weighted by Crippen LogP contribution is 2.14. The molecule has 0 fully saturated rings. The van der Waals surface area contributed by atoms with Crippen molar-refractivity contribution in [1.29, 1.82) is 0 Å². The summed E-state index contributed by atoms with van der Waals surface area (Å²) in [7, 11) is 0. The first-order chi connectivity index (χ1) is 12.0. The molecule has 1 aromatic heterocycles. The second-order valence-electron chi connectivity index (χ2n) is 5.38. The minimum Gasteiger partial charge on any atom is -0.478 e. The van der Waals surface area contributed by atoms with Gasteiger partial charge in [0.05, 0.1) is 22.5 Å². The second kappa shape index (κ2) is 7.06. The topological polar surface area (TPSA) is 87.5 Å². The molecule has 2 N–H and O–H groups in total. The molecule has 0 saturated carbocycles. The maximum Gasteiger partial charge on any atom is 0.335 e. The number of aryl methyl sites for hydroxylation is 1. The lowest BCUT2D eigenvalue weighted by Crippen LogP contribution is -2.17. The van der Waals surface area contributed by atoms with Crippen LogP contribution < -0.4 is 5.56 Å². The van der Waals surface area contributed by atoms with Crippen molar-refractivity contribution in [3.05, 3.63) is 79.3 Å². The number of nitrogens with one attached hydrogen (secondary N) is 1. The molecule has 2 aromatic carbocycles. The van der Waals surface area contributed by atoms with E-state index in [0.29, 0.717) is 16.9 Å². The van der Waals surface area contributed by atoms with E-state index in [1.807, 2.05) is 24.3 Å². The average molecular weight is 447 g/mol. The van der Waals surface area contributed by atoms with Crippen LogP contribution >= 0.6 is 22.6 Å². The number of aromatic nitrogens is 2. The Morgan fingerprint density at radius 2 is 1.80 bits per heavy atom. The molecule has 0 atom stereocenters. The third-order valence-corrected chi connectivity index (χ3v) is 4.38. The Morgan fingerprint density at radius 1 is 1.16 bits per heavy atom. The fourth-order valence-corrected chi connectivity index (χ4v) is 2.67. The lowest BCUT2D eigenvalue weighted by Gasteiger charge is -2.00. The van der Waals surface area contributed by atoms with Crippen molar-refractivity contribution in [2.24, 2.45) is 4.99 Å². The highest BCUT2D eigenvalue weighted by Gasteiger charge is 2.10. The summed E-state index contributed by atoms with van der Waals surface area (Å²) in [6.45, 7) is 1.81. The van der Waals surface area contributed by atoms with Crippen LogP contribution in [0.3, 0.4) is 0 Å². The quantitative estimate of drug-likeness (QED) is 0.474. The maximum atomic E-state index is 12.6. The van der Waals surface area contributed by atoms with Gasteiger partial charge in [0.15, 0.2) is 0 Å². The summed E-state index contributed by atoms with van der Waals surface area (Å²) in [5.74, 6) is -0.989. The van der Waals surface area contributed by atoms with Gasteiger partial charge in [-0.15, -0.1) is 0 Å². The van der Waals surface area contributed by atoms with Crippen LogP contribution in [-0.2, 0) is 0 Å². The van der Waals surface area contributed by atoms with Crippen LogP contribution in [0.2, 0.25) is 0 Å². The molecule has 0 aliphatic rings. The molecule has 0 spiro atoms. The summed E-state index contributed by atoms with van der Waals surface area (Å²) in [6.07, 6.45) is 1.49. The van der Waals surface area contributed by atoms with E-state index in [9.17, 15) is 9.59 Å². The van der Waals surface area contributed by atoms with Crippen LogP contribution in [0, 0.1) is 10.5 Å². The van der Waals surface area contributed by atoms with E-state index in [2.05, 4.69) is 32.7 Å². The maximum absolute atomic E-state index is 12.6. The Morgan fingerprint density at radius 3 is 2.40 bits per heavy atom. The van der Waals surface area contributed by atoms with Crippen LogP contribution in [-0.4, -0.2) is 27.1 Å². The third-order valence-electron chi connectivity index (χ3n) is 3.66. The molecule has 0 amide bonds. The van der Waals surface area contributed by atoms with Gasteiger partial charge in [-0.05, 0) is 78.0 Å². The number of aromatic carboxylic acids is 1. The highest BCUT2D eigenvalue weighted by molar-refractivity contribution is 14.1. The van der Waals surface area contributed by atoms with Crippen molar-refractivity contribution in [2.75, 3.05) is 0 Å². The summed E-state index contributed by atoms with van der Waals surface area (Å²) in [5, 5.41) is 11.9. The minimum absolute atomic E-state index is 0.190. The van der Waals surface area contributed by atoms with Gasteiger partial charge in [-0.3, -0.25) is 14.9 Å². The normalized spacial score (nSPS) is 11.1. The van der Waals surface area contributed by atoms with Gasteiger partial charge >= 0.3 is 5.97 Å². The molecule has 0 radical (unpaired) electrons. The Labute approximate surface area is 157 Å². The van der Waals surface area contributed by atoms with Gasteiger partial charge < -0.3 is 5.11 Å². The van der Waals surface area contributed by atoms with Crippen LogP contribution in [0.15, 0.2) is 58.3 Å². The first-order valence-electron chi connectivity index (χ1n) is 7.40. The third kappa shape index (κ3) is 3.71. The van der Waals surface area contributed by atoms with Crippen molar-refractivity contribution in [3.63, 3.8) is 0 Å². The number of benzene rings is 2. The monoisotopic (exact) mass is 447 g/mol. The summed E-state index contributed by atoms with van der Waals surface area (Å²) in [6, 6.07) is 13.7. The molecule has 1 heterocycles. The molecule has 0 bridgehead atoms. The Kier molecular flexibility index (Phi) is 4.84. The van der Waals surface area contributed by atoms with Gasteiger partial charge in [0, 0.05) is 15.5 Å². The molecule has 6 nitrogen and oxygen atoms in total.